The molecule has 0 bridgehead atoms. The number of thiocarbonyl (C=S) groups is 1. The van der Waals surface area contributed by atoms with Crippen LogP contribution < -0.4 is 5.32 Å². The maximum Gasteiger partial charge on any atom is 0.239 e. The number of hydrogen-bond acceptors (Lipinski definition) is 5. The molecule has 2 aromatic heterocycles. The van der Waals surface area contributed by atoms with Crippen LogP contribution in [0.3, 0.4) is 0 Å². The lowest BCUT2D eigenvalue weighted by atomic mass is 10.1. The van der Waals surface area contributed by atoms with Crippen molar-refractivity contribution < 1.29 is 9.21 Å². The van der Waals surface area contributed by atoms with Crippen LogP contribution in [0.25, 0.3) is 11.0 Å². The van der Waals surface area contributed by atoms with E-state index in [1.165, 1.54) is 17.3 Å². The van der Waals surface area contributed by atoms with Gasteiger partial charge < -0.3 is 9.73 Å². The molecule has 0 saturated carbocycles. The summed E-state index contributed by atoms with van der Waals surface area (Å²) >= 11 is 6.40. The molecule has 0 aliphatic carbocycles. The molecule has 1 fully saturated rings. The maximum absolute atomic E-state index is 11.9. The first-order chi connectivity index (χ1) is 12.6. The number of carbonyl (C=O) groups is 1. The van der Waals surface area contributed by atoms with E-state index in [9.17, 15) is 4.79 Å². The Hall–Kier alpha value is -2.62. The van der Waals surface area contributed by atoms with E-state index < -0.39 is 0 Å². The Labute approximate surface area is 160 Å². The Morgan fingerprint density at radius 2 is 2.19 bits per heavy atom. The third kappa shape index (κ3) is 3.50. The van der Waals surface area contributed by atoms with Crippen molar-refractivity contribution in [3.8, 4) is 11.8 Å². The van der Waals surface area contributed by atoms with E-state index in [2.05, 4.69) is 22.1 Å². The smallest absolute Gasteiger partial charge is 0.239 e. The van der Waals surface area contributed by atoms with Gasteiger partial charge in [0.25, 0.3) is 0 Å². The summed E-state index contributed by atoms with van der Waals surface area (Å²) in [6.45, 7) is 2.04. The number of furan rings is 1. The van der Waals surface area contributed by atoms with Crippen LogP contribution in [0.5, 0.6) is 0 Å². The van der Waals surface area contributed by atoms with Crippen molar-refractivity contribution in [2.45, 2.75) is 18.6 Å². The van der Waals surface area contributed by atoms with E-state index in [-0.39, 0.29) is 11.2 Å². The molecule has 128 valence electrons. The Kier molecular flexibility index (Phi) is 4.49. The van der Waals surface area contributed by atoms with E-state index >= 15 is 0 Å². The van der Waals surface area contributed by atoms with Gasteiger partial charge in [-0.15, -0.1) is 0 Å². The number of nitrogens with one attached hydrogen (secondary N) is 1. The number of carbonyl (C=O) groups excluding carboxylic acids is 1. The fourth-order valence-electron chi connectivity index (χ4n) is 2.78. The zero-order valence-corrected chi connectivity index (χ0v) is 15.5. The summed E-state index contributed by atoms with van der Waals surface area (Å²) in [5, 5.41) is 3.28. The molecular formula is C20H14N2O2S2. The van der Waals surface area contributed by atoms with Crippen molar-refractivity contribution in [3.63, 3.8) is 0 Å². The number of benzene rings is 1. The summed E-state index contributed by atoms with van der Waals surface area (Å²) in [6.07, 6.45) is 3.92. The molecule has 0 spiro atoms. The van der Waals surface area contributed by atoms with Crippen LogP contribution in [0, 0.1) is 18.8 Å². The fraction of sp³-hybridized carbons (Fsp3) is 0.150. The van der Waals surface area contributed by atoms with E-state index in [0.717, 1.165) is 22.3 Å². The van der Waals surface area contributed by atoms with E-state index in [1.54, 1.807) is 12.4 Å². The maximum atomic E-state index is 11.9. The molecule has 1 aliphatic rings. The van der Waals surface area contributed by atoms with Crippen molar-refractivity contribution in [2.75, 3.05) is 0 Å². The second kappa shape index (κ2) is 6.94. The molecule has 26 heavy (non-hydrogen) atoms. The van der Waals surface area contributed by atoms with Crippen LogP contribution in [0.1, 0.15) is 22.5 Å². The van der Waals surface area contributed by atoms with E-state index in [0.29, 0.717) is 16.3 Å². The lowest BCUT2D eigenvalue weighted by Gasteiger charge is -2.01. The third-order valence-electron chi connectivity index (χ3n) is 3.99. The molecule has 6 heteroatoms. The number of amides is 1. The van der Waals surface area contributed by atoms with Crippen LogP contribution in [0.15, 0.2) is 47.1 Å². The first-order valence-electron chi connectivity index (χ1n) is 8.05. The van der Waals surface area contributed by atoms with Gasteiger partial charge in [-0.2, -0.15) is 0 Å². The Morgan fingerprint density at radius 1 is 1.31 bits per heavy atom. The highest BCUT2D eigenvalue weighted by Crippen LogP contribution is 2.27. The summed E-state index contributed by atoms with van der Waals surface area (Å²) in [5.41, 5.74) is 3.54. The largest absolute Gasteiger partial charge is 0.460 e. The zero-order valence-electron chi connectivity index (χ0n) is 13.9. The predicted octanol–water partition coefficient (Wildman–Crippen LogP) is 3.60. The Bertz CT molecular complexity index is 1090. The van der Waals surface area contributed by atoms with Crippen molar-refractivity contribution in [1.29, 1.82) is 0 Å². The molecule has 1 unspecified atom stereocenters. The molecule has 0 radical (unpaired) electrons. The molecule has 4 nitrogen and oxygen atoms in total. The summed E-state index contributed by atoms with van der Waals surface area (Å²) in [6, 6.07) is 9.94. The average molecular weight is 378 g/mol. The average Bonchev–Trinajstić information content (AvgIpc) is 3.15. The molecule has 1 atom stereocenters. The molecule has 3 aromatic rings. The summed E-state index contributed by atoms with van der Waals surface area (Å²) in [7, 11) is 0. The molecule has 3 heterocycles. The standard InChI is InChI=1S/C20H14N2O2S2/c1-12-3-2-4-13(7-12)5-6-14-10-21-11-15-8-16(24-18(14)15)9-17-19(23)22-20(25)26-17/h2-4,7-8,10-11,17H,9H2,1H3,(H,22,23,25). The quantitative estimate of drug-likeness (QED) is 0.545. The highest BCUT2D eigenvalue weighted by Gasteiger charge is 2.30. The predicted molar refractivity (Wildman–Crippen MR) is 107 cm³/mol. The zero-order chi connectivity index (χ0) is 18.1. The van der Waals surface area contributed by atoms with Crippen LogP contribution in [0.2, 0.25) is 0 Å². The van der Waals surface area contributed by atoms with Crippen molar-refractivity contribution in [2.24, 2.45) is 0 Å². The number of aryl methyl sites for hydroxylation is 1. The molecule has 1 saturated heterocycles. The van der Waals surface area contributed by atoms with Gasteiger partial charge in [-0.3, -0.25) is 9.78 Å². The number of hydrogen-bond donors (Lipinski definition) is 1. The number of pyridine rings is 1. The van der Waals surface area contributed by atoms with Crippen molar-refractivity contribution in [3.05, 3.63) is 65.2 Å². The SMILES string of the molecule is Cc1cccc(C#Cc2cncc3cc(CC4SC(=S)NC4=O)oc23)c1. The number of fused-ring (bicyclic) bond motifs is 1. The van der Waals surface area contributed by atoms with Crippen LogP contribution in [-0.4, -0.2) is 20.5 Å². The van der Waals surface area contributed by atoms with Gasteiger partial charge in [0, 0.05) is 29.8 Å². The molecule has 1 aromatic carbocycles. The number of aromatic nitrogens is 1. The number of rotatable bonds is 2. The molecule has 4 rings (SSSR count). The minimum Gasteiger partial charge on any atom is -0.460 e. The highest BCUT2D eigenvalue weighted by atomic mass is 32.2. The third-order valence-corrected chi connectivity index (χ3v) is 5.36. The van der Waals surface area contributed by atoms with Crippen molar-refractivity contribution in [1.82, 2.24) is 10.3 Å². The minimum atomic E-state index is -0.252. The van der Waals surface area contributed by atoms with Gasteiger partial charge >= 0.3 is 0 Å². The Balaban J connectivity index is 1.64. The van der Waals surface area contributed by atoms with Gasteiger partial charge in [-0.1, -0.05) is 48.0 Å². The molecular weight excluding hydrogens is 364 g/mol. The number of nitrogens with zero attached hydrogens (tertiary/aromatic N) is 1. The monoisotopic (exact) mass is 378 g/mol. The topological polar surface area (TPSA) is 55.1 Å². The molecule has 1 aliphatic heterocycles. The van der Waals surface area contributed by atoms with Gasteiger partial charge in [0.15, 0.2) is 5.58 Å². The van der Waals surface area contributed by atoms with Crippen LogP contribution >= 0.6 is 24.0 Å². The summed E-state index contributed by atoms with van der Waals surface area (Å²) in [4.78, 5) is 16.1. The summed E-state index contributed by atoms with van der Waals surface area (Å²) in [5.74, 6) is 6.95. The van der Waals surface area contributed by atoms with E-state index in [4.69, 9.17) is 16.6 Å². The second-order valence-corrected chi connectivity index (χ2v) is 7.90. The Morgan fingerprint density at radius 3 is 2.96 bits per heavy atom. The minimum absolute atomic E-state index is 0.0713. The van der Waals surface area contributed by atoms with Gasteiger partial charge in [-0.05, 0) is 30.7 Å². The fourth-order valence-corrected chi connectivity index (χ4v) is 4.06. The number of thioether (sulfide) groups is 1. The first-order valence-corrected chi connectivity index (χ1v) is 9.34. The summed E-state index contributed by atoms with van der Waals surface area (Å²) < 4.78 is 6.49. The van der Waals surface area contributed by atoms with Gasteiger partial charge in [0.1, 0.15) is 10.1 Å². The van der Waals surface area contributed by atoms with Crippen molar-refractivity contribution >= 4 is 45.2 Å². The second-order valence-electron chi connectivity index (χ2n) is 6.02. The van der Waals surface area contributed by atoms with E-state index in [1.807, 2.05) is 37.3 Å². The van der Waals surface area contributed by atoms with Crippen LogP contribution in [0.4, 0.5) is 0 Å². The van der Waals surface area contributed by atoms with Crippen LogP contribution in [-0.2, 0) is 11.2 Å². The van der Waals surface area contributed by atoms with Gasteiger partial charge in [0.05, 0.1) is 10.8 Å². The molecule has 1 amide bonds. The van der Waals surface area contributed by atoms with Gasteiger partial charge in [0.2, 0.25) is 5.91 Å². The first kappa shape index (κ1) is 16.8. The highest BCUT2D eigenvalue weighted by molar-refractivity contribution is 8.24. The lowest BCUT2D eigenvalue weighted by molar-refractivity contribution is -0.118. The molecule has 1 N–H and O–H groups in total. The lowest BCUT2D eigenvalue weighted by Crippen LogP contribution is -2.25. The van der Waals surface area contributed by atoms with Gasteiger partial charge in [-0.25, -0.2) is 0 Å². The normalized spacial score (nSPS) is 16.4.